The largest absolute Gasteiger partial charge is 0.481 e. The Morgan fingerprint density at radius 1 is 1.31 bits per heavy atom. The predicted molar refractivity (Wildman–Crippen MR) is 112 cm³/mol. The van der Waals surface area contributed by atoms with Crippen LogP contribution in [0.4, 0.5) is 10.5 Å². The first-order valence-corrected chi connectivity index (χ1v) is 10.2. The predicted octanol–water partition coefficient (Wildman–Crippen LogP) is 4.04. The van der Waals surface area contributed by atoms with Gasteiger partial charge >= 0.3 is 12.0 Å². The Hall–Kier alpha value is -2.38. The van der Waals surface area contributed by atoms with Crippen LogP contribution in [0, 0.1) is 17.8 Å². The summed E-state index contributed by atoms with van der Waals surface area (Å²) in [6.45, 7) is 0. The van der Waals surface area contributed by atoms with Crippen molar-refractivity contribution >= 4 is 35.5 Å². The normalized spacial score (nSPS) is 27.3. The van der Waals surface area contributed by atoms with Crippen LogP contribution in [0.5, 0.6) is 0 Å². The smallest absolute Gasteiger partial charge is 0.339 e. The zero-order valence-electron chi connectivity index (χ0n) is 16.1. The lowest BCUT2D eigenvalue weighted by Crippen LogP contribution is -2.27. The lowest BCUT2D eigenvalue weighted by molar-refractivity contribution is -0.137. The number of hydrogen-bond acceptors (Lipinski definition) is 4. The van der Waals surface area contributed by atoms with E-state index in [-0.39, 0.29) is 12.3 Å². The number of hydrazone groups is 1. The van der Waals surface area contributed by atoms with E-state index in [0.29, 0.717) is 29.0 Å². The summed E-state index contributed by atoms with van der Waals surface area (Å²) in [4.78, 5) is 22.6. The number of carboxylic acids is 1. The number of halogens is 1. The highest BCUT2D eigenvalue weighted by Crippen LogP contribution is 2.49. The molecule has 0 radical (unpaired) electrons. The molecule has 2 aliphatic carbocycles. The van der Waals surface area contributed by atoms with Gasteiger partial charge in [0.05, 0.1) is 6.10 Å². The van der Waals surface area contributed by atoms with Crippen LogP contribution in [0.3, 0.4) is 0 Å². The Kier molecular flexibility index (Phi) is 7.28. The molecule has 0 unspecified atom stereocenters. The zero-order valence-corrected chi connectivity index (χ0v) is 16.8. The van der Waals surface area contributed by atoms with E-state index in [4.69, 9.17) is 16.7 Å². The van der Waals surface area contributed by atoms with E-state index in [1.54, 1.807) is 30.5 Å². The van der Waals surface area contributed by atoms with Crippen molar-refractivity contribution in [1.29, 1.82) is 0 Å². The van der Waals surface area contributed by atoms with E-state index in [2.05, 4.69) is 21.9 Å². The first kappa shape index (κ1) is 21.3. The van der Waals surface area contributed by atoms with Gasteiger partial charge in [0.25, 0.3) is 0 Å². The second-order valence-corrected chi connectivity index (χ2v) is 8.15. The van der Waals surface area contributed by atoms with Gasteiger partial charge < -0.3 is 15.5 Å². The monoisotopic (exact) mass is 419 g/mol. The molecule has 2 amide bonds. The molecule has 3 rings (SSSR count). The van der Waals surface area contributed by atoms with Crippen LogP contribution in [0.25, 0.3) is 0 Å². The Morgan fingerprint density at radius 2 is 2.14 bits per heavy atom. The molecule has 0 aromatic heterocycles. The average Bonchev–Trinajstić information content (AvgIpc) is 3.16. The van der Waals surface area contributed by atoms with Gasteiger partial charge in [-0.1, -0.05) is 29.3 Å². The molecular formula is C21H26ClN3O4. The number of carbonyl (C=O) groups excluding carboxylic acids is 1. The summed E-state index contributed by atoms with van der Waals surface area (Å²) in [5, 5.41) is 26.3. The number of nitrogens with one attached hydrogen (secondary N) is 2. The molecule has 1 aromatic carbocycles. The van der Waals surface area contributed by atoms with Crippen LogP contribution in [0.2, 0.25) is 5.02 Å². The average molecular weight is 420 g/mol. The molecule has 7 nitrogen and oxygen atoms in total. The minimum atomic E-state index is -0.766. The highest BCUT2D eigenvalue weighted by molar-refractivity contribution is 6.30. The minimum absolute atomic E-state index is 0.101. The summed E-state index contributed by atoms with van der Waals surface area (Å²) < 4.78 is 0. The zero-order chi connectivity index (χ0) is 20.8. The second kappa shape index (κ2) is 9.89. The van der Waals surface area contributed by atoms with Crippen LogP contribution in [0.15, 0.2) is 41.0 Å². The van der Waals surface area contributed by atoms with Crippen molar-refractivity contribution < 1.29 is 19.8 Å². The first-order valence-electron chi connectivity index (χ1n) is 9.86. The maximum absolute atomic E-state index is 12.0. The van der Waals surface area contributed by atoms with Crippen molar-refractivity contribution in [3.8, 4) is 0 Å². The van der Waals surface area contributed by atoms with Crippen molar-refractivity contribution in [3.05, 3.63) is 40.9 Å². The van der Waals surface area contributed by atoms with Crippen LogP contribution in [-0.4, -0.2) is 34.5 Å². The highest BCUT2D eigenvalue weighted by Gasteiger charge is 2.45. The summed E-state index contributed by atoms with van der Waals surface area (Å²) in [6.07, 6.45) is 7.50. The fourth-order valence-electron chi connectivity index (χ4n) is 4.35. The number of hydrogen-bond donors (Lipinski definition) is 4. The number of carboxylic acid groups (broad SMARTS) is 1. The van der Waals surface area contributed by atoms with E-state index in [1.807, 2.05) is 0 Å². The summed E-state index contributed by atoms with van der Waals surface area (Å²) in [7, 11) is 0. The van der Waals surface area contributed by atoms with Gasteiger partial charge in [0.1, 0.15) is 0 Å². The molecule has 4 atom stereocenters. The molecule has 29 heavy (non-hydrogen) atoms. The number of aliphatic hydroxyl groups is 1. The lowest BCUT2D eigenvalue weighted by atomic mass is 9.92. The molecule has 0 bridgehead atoms. The third kappa shape index (κ3) is 6.05. The van der Waals surface area contributed by atoms with Crippen LogP contribution in [-0.2, 0) is 4.79 Å². The van der Waals surface area contributed by atoms with Crippen molar-refractivity contribution in [2.45, 2.75) is 44.6 Å². The fourth-order valence-corrected chi connectivity index (χ4v) is 4.54. The molecule has 0 aliphatic heterocycles. The SMILES string of the molecule is O=C(O)CCC/C=C1/C[C@H]2C[C@@H](O)[C@H](/C=N/NC(=O)Nc3cccc(Cl)c3)[C@H]2C1. The number of fused-ring (bicyclic) bond motifs is 1. The number of amides is 2. The summed E-state index contributed by atoms with van der Waals surface area (Å²) in [5.74, 6) is -0.154. The molecule has 0 spiro atoms. The van der Waals surface area contributed by atoms with Gasteiger partial charge in [-0.05, 0) is 62.1 Å². The number of allylic oxidation sites excluding steroid dienone is 2. The van der Waals surface area contributed by atoms with Crippen molar-refractivity contribution in [2.75, 3.05) is 5.32 Å². The summed E-state index contributed by atoms with van der Waals surface area (Å²) in [5.41, 5.74) is 4.34. The number of urea groups is 1. The van der Waals surface area contributed by atoms with E-state index >= 15 is 0 Å². The van der Waals surface area contributed by atoms with Gasteiger partial charge in [-0.2, -0.15) is 5.10 Å². The molecule has 2 aliphatic rings. The summed E-state index contributed by atoms with van der Waals surface area (Å²) in [6, 6.07) is 6.35. The molecule has 1 aromatic rings. The van der Waals surface area contributed by atoms with E-state index in [0.717, 1.165) is 25.7 Å². The van der Waals surface area contributed by atoms with Crippen LogP contribution < -0.4 is 10.7 Å². The number of aliphatic carboxylic acids is 1. The molecule has 0 saturated heterocycles. The number of carbonyl (C=O) groups is 2. The quantitative estimate of drug-likeness (QED) is 0.231. The van der Waals surface area contributed by atoms with Gasteiger partial charge in [0, 0.05) is 29.3 Å². The number of aliphatic hydroxyl groups excluding tert-OH is 1. The second-order valence-electron chi connectivity index (χ2n) is 7.72. The molecule has 8 heteroatoms. The Labute approximate surface area is 174 Å². The molecule has 156 valence electrons. The number of nitrogens with zero attached hydrogens (tertiary/aromatic N) is 1. The highest BCUT2D eigenvalue weighted by atomic mass is 35.5. The molecule has 2 fully saturated rings. The third-order valence-corrected chi connectivity index (χ3v) is 5.87. The van der Waals surface area contributed by atoms with E-state index < -0.39 is 18.1 Å². The van der Waals surface area contributed by atoms with Gasteiger partial charge in [-0.25, -0.2) is 10.2 Å². The fraction of sp³-hybridized carbons (Fsp3) is 0.476. The van der Waals surface area contributed by atoms with Gasteiger partial charge in [0.2, 0.25) is 0 Å². The number of unbranched alkanes of at least 4 members (excludes halogenated alkanes) is 1. The number of rotatable bonds is 7. The van der Waals surface area contributed by atoms with Gasteiger partial charge in [0.15, 0.2) is 0 Å². The van der Waals surface area contributed by atoms with Crippen molar-refractivity contribution in [2.24, 2.45) is 22.9 Å². The molecule has 2 saturated carbocycles. The minimum Gasteiger partial charge on any atom is -0.481 e. The van der Waals surface area contributed by atoms with E-state index in [9.17, 15) is 14.7 Å². The first-order chi connectivity index (χ1) is 13.9. The van der Waals surface area contributed by atoms with E-state index in [1.165, 1.54) is 5.57 Å². The van der Waals surface area contributed by atoms with Crippen LogP contribution in [0.1, 0.15) is 38.5 Å². The maximum atomic E-state index is 12.0. The van der Waals surface area contributed by atoms with Gasteiger partial charge in [-0.3, -0.25) is 4.79 Å². The lowest BCUT2D eigenvalue weighted by Gasteiger charge is -2.16. The standard InChI is InChI=1S/C21H26ClN3O4/c22-15-5-3-6-16(11-15)24-21(29)25-23-12-18-17-9-13(4-1-2-7-20(27)28)8-14(17)10-19(18)26/h3-6,11-12,14,17-19,26H,1-2,7-10H2,(H,27,28)(H2,24,25,29)/b13-4-,23-12+/t14-,17-,18+,19+/m0/s1. The van der Waals surface area contributed by atoms with Crippen molar-refractivity contribution in [3.63, 3.8) is 0 Å². The van der Waals surface area contributed by atoms with Crippen molar-refractivity contribution in [1.82, 2.24) is 5.43 Å². The Bertz CT molecular complexity index is 811. The number of benzene rings is 1. The maximum Gasteiger partial charge on any atom is 0.339 e. The molecule has 0 heterocycles. The third-order valence-electron chi connectivity index (χ3n) is 5.63. The molecule has 4 N–H and O–H groups in total. The number of anilines is 1. The topological polar surface area (TPSA) is 111 Å². The Morgan fingerprint density at radius 3 is 2.90 bits per heavy atom. The summed E-state index contributed by atoms with van der Waals surface area (Å²) >= 11 is 5.89. The van der Waals surface area contributed by atoms with Gasteiger partial charge in [-0.15, -0.1) is 0 Å². The van der Waals surface area contributed by atoms with Crippen LogP contribution >= 0.6 is 11.6 Å². The molecular weight excluding hydrogens is 394 g/mol. The Balaban J connectivity index is 1.49.